The quantitative estimate of drug-likeness (QED) is 0.153. The van der Waals surface area contributed by atoms with Crippen molar-refractivity contribution in [2.75, 3.05) is 9.80 Å². The van der Waals surface area contributed by atoms with Crippen molar-refractivity contribution in [3.8, 4) is 40.2 Å². The van der Waals surface area contributed by atoms with Crippen molar-refractivity contribution in [2.45, 2.75) is 105 Å². The lowest BCUT2D eigenvalue weighted by Gasteiger charge is -2.51. The van der Waals surface area contributed by atoms with Crippen molar-refractivity contribution in [2.24, 2.45) is 0 Å². The van der Waals surface area contributed by atoms with Crippen molar-refractivity contribution in [1.29, 1.82) is 0 Å². The van der Waals surface area contributed by atoms with Crippen LogP contribution in [-0.2, 0) is 26.2 Å². The molecule has 1 aromatic heterocycles. The van der Waals surface area contributed by atoms with E-state index in [0.29, 0.717) is 22.1 Å². The molecule has 0 radical (unpaired) electrons. The van der Waals surface area contributed by atoms with Gasteiger partial charge in [0.05, 0.1) is 55.4 Å². The normalized spacial score (nSPS) is 15.8. The van der Waals surface area contributed by atoms with E-state index in [1.54, 1.807) is 0 Å². The molecule has 8 aromatic rings. The number of hydrogen-bond acceptors (Lipinski definition) is 6. The van der Waals surface area contributed by atoms with Crippen LogP contribution < -0.4 is 39.9 Å². The highest BCUT2D eigenvalue weighted by Crippen LogP contribution is 2.72. The Kier molecular flexibility index (Phi) is 7.44. The lowest BCUT2D eigenvalue weighted by atomic mass is 9.84. The van der Waals surface area contributed by atoms with Crippen molar-refractivity contribution >= 4 is 79.0 Å². The molecule has 0 saturated heterocycles. The highest BCUT2D eigenvalue weighted by molar-refractivity contribution is 7.87. The Morgan fingerprint density at radius 1 is 0.424 bits per heavy atom. The minimum absolute atomic E-state index is 0.122. The Balaban J connectivity index is 1.24. The SMILES string of the molecule is CC(C)(C)c1ccc2c(c1)Oc1c(C(C)(C)C)cc3c4c1N2c1cc(-n2c5ccccc5c5ccccc52)cc2c1P4(=O)c1c(cc(C(C)(C)C)c4c1N2c1ccc(C(C)(C)C)cc1O4)O3. The smallest absolute Gasteiger partial charge is 0.186 e. The molecule has 0 spiro atoms. The van der Waals surface area contributed by atoms with E-state index in [1.165, 1.54) is 21.9 Å². The van der Waals surface area contributed by atoms with E-state index in [-0.39, 0.29) is 21.7 Å². The average Bonchev–Trinajstić information content (AvgIpc) is 3.59. The van der Waals surface area contributed by atoms with Crippen LogP contribution in [0.25, 0.3) is 27.5 Å². The maximum Gasteiger partial charge on any atom is 0.186 e. The fourth-order valence-corrected chi connectivity index (χ4v) is 14.7. The summed E-state index contributed by atoms with van der Waals surface area (Å²) in [6, 6.07) is 39.4. The number of aromatic nitrogens is 1. The Bertz CT molecular complexity index is 3380. The Morgan fingerprint density at radius 2 is 0.848 bits per heavy atom. The van der Waals surface area contributed by atoms with E-state index >= 15 is 4.57 Å². The molecule has 7 nitrogen and oxygen atoms in total. The first kappa shape index (κ1) is 39.9. The number of ether oxygens (including phenoxy) is 3. The molecular formula is C58H54N3O4P. The van der Waals surface area contributed by atoms with Crippen LogP contribution >= 0.6 is 7.14 Å². The molecule has 6 heterocycles. The lowest BCUT2D eigenvalue weighted by molar-refractivity contribution is 0.434. The molecule has 66 heavy (non-hydrogen) atoms. The van der Waals surface area contributed by atoms with Gasteiger partial charge < -0.3 is 33.1 Å². The zero-order chi connectivity index (χ0) is 45.9. The summed E-state index contributed by atoms with van der Waals surface area (Å²) in [7, 11) is -3.78. The Labute approximate surface area is 386 Å². The number of anilines is 6. The first-order valence-corrected chi connectivity index (χ1v) is 25.0. The molecule has 5 aliphatic rings. The van der Waals surface area contributed by atoms with Gasteiger partial charge in [-0.1, -0.05) is 132 Å². The molecule has 7 aromatic carbocycles. The van der Waals surface area contributed by atoms with Crippen LogP contribution in [0.5, 0.6) is 34.5 Å². The third kappa shape index (κ3) is 5.02. The second kappa shape index (κ2) is 12.3. The molecule has 0 fully saturated rings. The lowest BCUT2D eigenvalue weighted by Crippen LogP contribution is -2.47. The Hall–Kier alpha value is -6.43. The van der Waals surface area contributed by atoms with Crippen molar-refractivity contribution in [3.05, 3.63) is 131 Å². The van der Waals surface area contributed by atoms with Gasteiger partial charge in [0.1, 0.15) is 22.9 Å². The van der Waals surface area contributed by atoms with E-state index < -0.39 is 7.14 Å². The fraction of sp³-hybridized carbons (Fsp3) is 0.276. The summed E-state index contributed by atoms with van der Waals surface area (Å²) < 4.78 is 42.0. The average molecular weight is 888 g/mol. The molecule has 0 N–H and O–H groups in total. The number of para-hydroxylation sites is 2. The number of fused-ring (bicyclic) bond motifs is 9. The summed E-state index contributed by atoms with van der Waals surface area (Å²) in [5.74, 6) is 4.20. The highest BCUT2D eigenvalue weighted by atomic mass is 31.2. The maximum atomic E-state index is 17.8. The monoisotopic (exact) mass is 887 g/mol. The van der Waals surface area contributed by atoms with E-state index in [4.69, 9.17) is 14.2 Å². The van der Waals surface area contributed by atoms with Gasteiger partial charge in [-0.3, -0.25) is 0 Å². The molecule has 0 saturated carbocycles. The minimum atomic E-state index is -3.78. The first-order chi connectivity index (χ1) is 31.1. The van der Waals surface area contributed by atoms with Crippen molar-refractivity contribution in [1.82, 2.24) is 4.57 Å². The predicted octanol–water partition coefficient (Wildman–Crippen LogP) is 15.5. The minimum Gasteiger partial charge on any atom is -0.456 e. The molecule has 0 bridgehead atoms. The first-order valence-electron chi connectivity index (χ1n) is 23.3. The predicted molar refractivity (Wildman–Crippen MR) is 272 cm³/mol. The van der Waals surface area contributed by atoms with Gasteiger partial charge in [-0.05, 0) is 93.5 Å². The summed E-state index contributed by atoms with van der Waals surface area (Å²) in [6.07, 6.45) is 0. The van der Waals surface area contributed by atoms with Gasteiger partial charge >= 0.3 is 0 Å². The number of benzene rings is 7. The molecular weight excluding hydrogens is 834 g/mol. The molecule has 8 heteroatoms. The van der Waals surface area contributed by atoms with Crippen LogP contribution in [0.4, 0.5) is 34.1 Å². The molecule has 330 valence electrons. The third-order valence-corrected chi connectivity index (χ3v) is 17.8. The topological polar surface area (TPSA) is 56.2 Å². The Morgan fingerprint density at radius 3 is 1.26 bits per heavy atom. The van der Waals surface area contributed by atoms with Crippen LogP contribution in [0.2, 0.25) is 0 Å². The van der Waals surface area contributed by atoms with Crippen molar-refractivity contribution in [3.63, 3.8) is 0 Å². The summed E-state index contributed by atoms with van der Waals surface area (Å²) in [6.45, 7) is 26.7. The van der Waals surface area contributed by atoms with Crippen LogP contribution in [0.3, 0.4) is 0 Å². The summed E-state index contributed by atoms with van der Waals surface area (Å²) in [5, 5.41) is 4.51. The number of hydrogen-bond donors (Lipinski definition) is 0. The van der Waals surface area contributed by atoms with Gasteiger partial charge in [-0.15, -0.1) is 0 Å². The summed E-state index contributed by atoms with van der Waals surface area (Å²) >= 11 is 0. The van der Waals surface area contributed by atoms with Gasteiger partial charge in [0, 0.05) is 21.9 Å². The zero-order valence-corrected chi connectivity index (χ0v) is 40.7. The zero-order valence-electron chi connectivity index (χ0n) is 39.8. The highest BCUT2D eigenvalue weighted by Gasteiger charge is 2.59. The van der Waals surface area contributed by atoms with Crippen LogP contribution in [0.15, 0.2) is 109 Å². The third-order valence-electron chi connectivity index (χ3n) is 14.5. The number of rotatable bonds is 1. The van der Waals surface area contributed by atoms with Crippen LogP contribution in [0, 0.1) is 0 Å². The van der Waals surface area contributed by atoms with Gasteiger partial charge in [-0.25, -0.2) is 0 Å². The van der Waals surface area contributed by atoms with Crippen LogP contribution in [-0.4, -0.2) is 4.57 Å². The molecule has 0 aliphatic carbocycles. The van der Waals surface area contributed by atoms with Gasteiger partial charge in [0.15, 0.2) is 30.1 Å². The molecule has 5 aliphatic heterocycles. The fourth-order valence-electron chi connectivity index (χ4n) is 11.2. The van der Waals surface area contributed by atoms with E-state index in [2.05, 4.69) is 207 Å². The summed E-state index contributed by atoms with van der Waals surface area (Å²) in [5.41, 5.74) is 11.6. The maximum absolute atomic E-state index is 17.8. The largest absolute Gasteiger partial charge is 0.456 e. The standard InChI is InChI=1S/C58H54N3O4P/c1-55(2,3)31-21-23-40-44(25-31)64-50-36(57(7,8)9)29-46-53-48(50)60(40)42-27-33(59-38-19-15-13-17-34(38)35-18-14-16-20-39(35)59)28-43-52(42)66(53,62)54-47(63-46)30-37(58(10,11)12)51-49(54)61(43)41-24-22-32(56(4,5)6)26-45(41)65-51/h13-30H,1-12H3. The second-order valence-corrected chi connectivity index (χ2v) is 25.6. The van der Waals surface area contributed by atoms with Crippen LogP contribution in [0.1, 0.15) is 105 Å². The molecule has 0 amide bonds. The van der Waals surface area contributed by atoms with E-state index in [9.17, 15) is 0 Å². The summed E-state index contributed by atoms with van der Waals surface area (Å²) in [4.78, 5) is 4.71. The molecule has 0 unspecified atom stereocenters. The van der Waals surface area contributed by atoms with Gasteiger partial charge in [0.25, 0.3) is 0 Å². The second-order valence-electron chi connectivity index (χ2n) is 23.1. The number of nitrogens with zero attached hydrogens (tertiary/aromatic N) is 3. The van der Waals surface area contributed by atoms with E-state index in [0.717, 1.165) is 90.3 Å². The molecule has 13 rings (SSSR count). The van der Waals surface area contributed by atoms with Gasteiger partial charge in [0.2, 0.25) is 0 Å². The van der Waals surface area contributed by atoms with Gasteiger partial charge in [-0.2, -0.15) is 0 Å². The van der Waals surface area contributed by atoms with Crippen molar-refractivity contribution < 1.29 is 18.8 Å². The molecule has 0 atom stereocenters. The van der Waals surface area contributed by atoms with E-state index in [1.807, 2.05) is 0 Å².